The van der Waals surface area contributed by atoms with Crippen molar-refractivity contribution in [3.05, 3.63) is 102 Å². The minimum atomic E-state index is -0.228. The molecular weight excluding hydrogens is 492 g/mol. The van der Waals surface area contributed by atoms with Gasteiger partial charge >= 0.3 is 0 Å². The second-order valence-electron chi connectivity index (χ2n) is 10.4. The van der Waals surface area contributed by atoms with E-state index in [2.05, 4.69) is 41.2 Å². The molecule has 5 rings (SSSR count). The largest absolute Gasteiger partial charge is 0.438 e. The Balaban J connectivity index is 1.18. The van der Waals surface area contributed by atoms with Gasteiger partial charge in [-0.1, -0.05) is 45.0 Å². The normalized spacial score (nSPS) is 11.6. The second-order valence-corrected chi connectivity index (χ2v) is 10.4. The van der Waals surface area contributed by atoms with Gasteiger partial charge in [0.25, 0.3) is 5.91 Å². The van der Waals surface area contributed by atoms with E-state index in [1.165, 1.54) is 11.1 Å². The quantitative estimate of drug-likeness (QED) is 0.268. The summed E-state index contributed by atoms with van der Waals surface area (Å²) in [7, 11) is 0. The lowest BCUT2D eigenvalue weighted by Crippen LogP contribution is -2.14. The van der Waals surface area contributed by atoms with Gasteiger partial charge in [0.2, 0.25) is 5.88 Å². The van der Waals surface area contributed by atoms with E-state index in [4.69, 9.17) is 4.74 Å². The Morgan fingerprint density at radius 3 is 2.51 bits per heavy atom. The van der Waals surface area contributed by atoms with E-state index in [1.807, 2.05) is 59.3 Å². The Morgan fingerprint density at radius 2 is 1.79 bits per heavy atom. The summed E-state index contributed by atoms with van der Waals surface area (Å²) < 4.78 is 9.50. The van der Waals surface area contributed by atoms with Gasteiger partial charge in [0, 0.05) is 30.6 Å². The molecule has 200 valence electrons. The fourth-order valence-corrected chi connectivity index (χ4v) is 4.28. The third-order valence-electron chi connectivity index (χ3n) is 6.50. The maximum Gasteiger partial charge on any atom is 0.256 e. The molecule has 2 aromatic carbocycles. The summed E-state index contributed by atoms with van der Waals surface area (Å²) >= 11 is 0. The number of hydrogen-bond donors (Lipinski definition) is 2. The van der Waals surface area contributed by atoms with E-state index in [0.29, 0.717) is 34.5 Å². The zero-order chi connectivity index (χ0) is 27.4. The highest BCUT2D eigenvalue weighted by molar-refractivity contribution is 6.03. The molecule has 1 amide bonds. The second kappa shape index (κ2) is 11.1. The van der Waals surface area contributed by atoms with Crippen molar-refractivity contribution in [1.29, 1.82) is 0 Å². The van der Waals surface area contributed by atoms with Crippen molar-refractivity contribution in [1.82, 2.24) is 24.1 Å². The summed E-state index contributed by atoms with van der Waals surface area (Å²) in [5, 5.41) is 16.6. The molecule has 0 unspecified atom stereocenters. The highest BCUT2D eigenvalue weighted by Crippen LogP contribution is 2.23. The molecule has 0 atom stereocenters. The van der Waals surface area contributed by atoms with Crippen LogP contribution in [-0.4, -0.2) is 35.2 Å². The summed E-state index contributed by atoms with van der Waals surface area (Å²) in [6, 6.07) is 19.1. The zero-order valence-corrected chi connectivity index (χ0v) is 22.3. The molecular formula is C30H32N6O3. The molecule has 3 heterocycles. The van der Waals surface area contributed by atoms with Crippen LogP contribution in [0.4, 0.5) is 5.82 Å². The predicted octanol–water partition coefficient (Wildman–Crippen LogP) is 5.39. The number of benzene rings is 2. The predicted molar refractivity (Wildman–Crippen MR) is 149 cm³/mol. The summed E-state index contributed by atoms with van der Waals surface area (Å²) in [5.74, 6) is 1.96. The van der Waals surface area contributed by atoms with E-state index in [-0.39, 0.29) is 17.9 Å². The van der Waals surface area contributed by atoms with Crippen molar-refractivity contribution in [2.75, 3.05) is 5.32 Å². The highest BCUT2D eigenvalue weighted by Gasteiger charge is 2.15. The molecule has 0 aliphatic rings. The Kier molecular flexibility index (Phi) is 7.42. The van der Waals surface area contributed by atoms with Crippen molar-refractivity contribution in [2.45, 2.75) is 52.2 Å². The van der Waals surface area contributed by atoms with E-state index < -0.39 is 0 Å². The number of nitrogens with zero attached hydrogens (tertiary/aromatic N) is 5. The van der Waals surface area contributed by atoms with Crippen LogP contribution in [0.1, 0.15) is 54.5 Å². The van der Waals surface area contributed by atoms with E-state index >= 15 is 0 Å². The molecule has 0 fully saturated rings. The molecule has 39 heavy (non-hydrogen) atoms. The maximum atomic E-state index is 12.7. The number of ether oxygens (including phenoxy) is 1. The van der Waals surface area contributed by atoms with Crippen LogP contribution in [0.25, 0.3) is 5.65 Å². The average Bonchev–Trinajstić information content (AvgIpc) is 3.55. The van der Waals surface area contributed by atoms with Gasteiger partial charge in [-0.15, -0.1) is 5.10 Å². The van der Waals surface area contributed by atoms with Crippen LogP contribution in [0.3, 0.4) is 0 Å². The molecule has 3 aromatic heterocycles. The van der Waals surface area contributed by atoms with Crippen LogP contribution < -0.4 is 10.1 Å². The molecule has 0 aliphatic carbocycles. The number of aromatic nitrogens is 5. The monoisotopic (exact) mass is 524 g/mol. The Hall–Kier alpha value is -4.50. The van der Waals surface area contributed by atoms with Gasteiger partial charge in [-0.2, -0.15) is 0 Å². The SMILES string of the molecule is CC(C)(C)c1ccc(C(=O)Nc2cn3nc(Oc4ccc(CCCn5ccnc5CO)cc4)ccc3n2)cc1. The molecule has 0 saturated carbocycles. The molecule has 0 spiro atoms. The first-order chi connectivity index (χ1) is 18.8. The van der Waals surface area contributed by atoms with Crippen LogP contribution in [-0.2, 0) is 25.0 Å². The van der Waals surface area contributed by atoms with Gasteiger partial charge in [0.15, 0.2) is 11.5 Å². The smallest absolute Gasteiger partial charge is 0.256 e. The minimum Gasteiger partial charge on any atom is -0.438 e. The van der Waals surface area contributed by atoms with Crippen LogP contribution in [0.15, 0.2) is 79.3 Å². The lowest BCUT2D eigenvalue weighted by molar-refractivity contribution is 0.102. The molecule has 0 bridgehead atoms. The number of aryl methyl sites for hydroxylation is 2. The van der Waals surface area contributed by atoms with Gasteiger partial charge < -0.3 is 19.7 Å². The third-order valence-corrected chi connectivity index (χ3v) is 6.50. The summed E-state index contributed by atoms with van der Waals surface area (Å²) in [6.07, 6.45) is 7.09. The molecule has 2 N–H and O–H groups in total. The number of rotatable bonds is 9. The molecule has 0 radical (unpaired) electrons. The Labute approximate surface area is 227 Å². The topological polar surface area (TPSA) is 107 Å². The van der Waals surface area contributed by atoms with Crippen LogP contribution in [0.5, 0.6) is 11.6 Å². The first-order valence-electron chi connectivity index (χ1n) is 12.9. The number of carbonyl (C=O) groups is 1. The van der Waals surface area contributed by atoms with E-state index in [0.717, 1.165) is 19.4 Å². The number of anilines is 1. The number of amides is 1. The molecule has 5 aromatic rings. The number of nitrogens with one attached hydrogen (secondary N) is 1. The summed E-state index contributed by atoms with van der Waals surface area (Å²) in [5.41, 5.74) is 3.55. The average molecular weight is 525 g/mol. The van der Waals surface area contributed by atoms with Crippen molar-refractivity contribution in [3.8, 4) is 11.6 Å². The lowest BCUT2D eigenvalue weighted by Gasteiger charge is -2.18. The van der Waals surface area contributed by atoms with Crippen LogP contribution in [0.2, 0.25) is 0 Å². The number of imidazole rings is 2. The van der Waals surface area contributed by atoms with Gasteiger partial charge in [-0.05, 0) is 59.7 Å². The van der Waals surface area contributed by atoms with Crippen molar-refractivity contribution in [3.63, 3.8) is 0 Å². The number of carbonyl (C=O) groups excluding carboxylic acids is 1. The fourth-order valence-electron chi connectivity index (χ4n) is 4.28. The fraction of sp³-hybridized carbons (Fsp3) is 0.267. The van der Waals surface area contributed by atoms with Gasteiger partial charge in [-0.25, -0.2) is 14.5 Å². The lowest BCUT2D eigenvalue weighted by atomic mass is 9.87. The zero-order valence-electron chi connectivity index (χ0n) is 22.3. The standard InChI is InChI=1S/C30H32N6O3/c1-30(2,3)23-10-8-22(9-11-23)29(38)33-25-19-36-26(32-25)14-15-28(34-36)39-24-12-6-21(7-13-24)5-4-17-35-18-16-31-27(35)20-37/h6-16,18-19,37H,4-5,17,20H2,1-3H3,(H,33,38). The first-order valence-corrected chi connectivity index (χ1v) is 12.9. The van der Waals surface area contributed by atoms with Gasteiger partial charge in [0.05, 0.1) is 6.20 Å². The van der Waals surface area contributed by atoms with Gasteiger partial charge in [-0.3, -0.25) is 4.79 Å². The summed E-state index contributed by atoms with van der Waals surface area (Å²) in [6.45, 7) is 7.16. The van der Waals surface area contributed by atoms with Gasteiger partial charge in [0.1, 0.15) is 18.2 Å². The summed E-state index contributed by atoms with van der Waals surface area (Å²) in [4.78, 5) is 21.3. The number of fused-ring (bicyclic) bond motifs is 1. The molecule has 9 nitrogen and oxygen atoms in total. The van der Waals surface area contributed by atoms with E-state index in [9.17, 15) is 9.90 Å². The van der Waals surface area contributed by atoms with E-state index in [1.54, 1.807) is 29.0 Å². The Morgan fingerprint density at radius 1 is 1.03 bits per heavy atom. The van der Waals surface area contributed by atoms with Crippen LogP contribution in [0, 0.1) is 0 Å². The minimum absolute atomic E-state index is 0.0250. The van der Waals surface area contributed by atoms with Crippen molar-refractivity contribution >= 4 is 17.4 Å². The van der Waals surface area contributed by atoms with Crippen molar-refractivity contribution < 1.29 is 14.6 Å². The molecule has 0 aliphatic heterocycles. The molecule has 9 heteroatoms. The maximum absolute atomic E-state index is 12.7. The van der Waals surface area contributed by atoms with Crippen LogP contribution >= 0.6 is 0 Å². The molecule has 0 saturated heterocycles. The number of aliphatic hydroxyl groups excluding tert-OH is 1. The highest BCUT2D eigenvalue weighted by atomic mass is 16.5. The first kappa shape index (κ1) is 26.1. The van der Waals surface area contributed by atoms with Crippen molar-refractivity contribution in [2.24, 2.45) is 0 Å². The Bertz CT molecular complexity index is 1560. The number of aliphatic hydroxyl groups is 1. The third kappa shape index (κ3) is 6.32. The number of hydrogen-bond acceptors (Lipinski definition) is 6.